The van der Waals surface area contributed by atoms with E-state index >= 15 is 0 Å². The Hall–Kier alpha value is -2.50. The predicted octanol–water partition coefficient (Wildman–Crippen LogP) is 4.25. The molecule has 1 aromatic rings. The Morgan fingerprint density at radius 1 is 1.09 bits per heavy atom. The molecule has 7 nitrogen and oxygen atoms in total. The van der Waals surface area contributed by atoms with E-state index < -0.39 is 0 Å². The van der Waals surface area contributed by atoms with Crippen molar-refractivity contribution in [2.24, 2.45) is 5.92 Å². The molecule has 0 unspecified atom stereocenters. The lowest BCUT2D eigenvalue weighted by Gasteiger charge is -2.23. The topological polar surface area (TPSA) is 89.8 Å². The number of aldehydes is 1. The molecule has 1 aliphatic carbocycles. The number of rotatable bonds is 6. The summed E-state index contributed by atoms with van der Waals surface area (Å²) < 4.78 is 10.2. The molecule has 1 amide bonds. The van der Waals surface area contributed by atoms with Gasteiger partial charge in [-0.1, -0.05) is 32.9 Å². The quantitative estimate of drug-likeness (QED) is 0.476. The Morgan fingerprint density at radius 3 is 1.97 bits per heavy atom. The molecule has 0 radical (unpaired) electrons. The van der Waals surface area contributed by atoms with Gasteiger partial charge in [-0.15, -0.1) is 0 Å². The van der Waals surface area contributed by atoms with Gasteiger partial charge in [0.1, 0.15) is 12.0 Å². The average Bonchev–Trinajstić information content (AvgIpc) is 3.66. The molecule has 7 heteroatoms. The number of benzene rings is 1. The molecule has 0 N–H and O–H groups in total. The molecule has 1 aliphatic heterocycles. The van der Waals surface area contributed by atoms with Crippen LogP contribution in [0.5, 0.6) is 5.75 Å². The van der Waals surface area contributed by atoms with Crippen molar-refractivity contribution in [1.82, 2.24) is 4.90 Å². The third-order valence-corrected chi connectivity index (χ3v) is 5.29. The monoisotopic (exact) mass is 449 g/mol. The third kappa shape index (κ3) is 13.7. The number of methoxy groups -OCH3 is 2. The number of hydrogen-bond acceptors (Lipinski definition) is 6. The maximum Gasteiger partial charge on any atom is 0.373 e. The minimum atomic E-state index is 0.250. The van der Waals surface area contributed by atoms with Crippen LogP contribution in [0.4, 0.5) is 0 Å². The van der Waals surface area contributed by atoms with Crippen molar-refractivity contribution < 1.29 is 28.7 Å². The van der Waals surface area contributed by atoms with E-state index in [1.807, 2.05) is 24.0 Å². The van der Waals surface area contributed by atoms with E-state index in [-0.39, 0.29) is 6.15 Å². The lowest BCUT2D eigenvalue weighted by molar-refractivity contribution is -0.191. The third-order valence-electron chi connectivity index (χ3n) is 5.29. The van der Waals surface area contributed by atoms with Crippen LogP contribution in [0.1, 0.15) is 70.8 Å². The first kappa shape index (κ1) is 29.5. The van der Waals surface area contributed by atoms with Gasteiger partial charge in [0.2, 0.25) is 5.91 Å². The maximum absolute atomic E-state index is 10.7. The average molecular weight is 450 g/mol. The molecule has 3 rings (SSSR count). The minimum absolute atomic E-state index is 0.250. The van der Waals surface area contributed by atoms with E-state index in [0.29, 0.717) is 23.8 Å². The van der Waals surface area contributed by atoms with Crippen LogP contribution in [0.2, 0.25) is 0 Å². The fraction of sp³-hybridized carbons (Fsp3) is 0.640. The van der Waals surface area contributed by atoms with Crippen molar-refractivity contribution in [2.45, 2.75) is 71.3 Å². The van der Waals surface area contributed by atoms with Gasteiger partial charge in [-0.05, 0) is 55.7 Å². The Morgan fingerprint density at radius 2 is 1.62 bits per heavy atom. The molecule has 32 heavy (non-hydrogen) atoms. The molecule has 1 heterocycles. The van der Waals surface area contributed by atoms with Crippen molar-refractivity contribution in [3.63, 3.8) is 0 Å². The van der Waals surface area contributed by atoms with E-state index in [1.165, 1.54) is 5.56 Å². The van der Waals surface area contributed by atoms with Gasteiger partial charge in [-0.25, -0.2) is 0 Å². The van der Waals surface area contributed by atoms with Gasteiger partial charge in [0.05, 0.1) is 13.2 Å². The number of amides is 1. The first-order valence-electron chi connectivity index (χ1n) is 11.3. The molecule has 1 aromatic carbocycles. The smallest absolute Gasteiger partial charge is 0.373 e. The highest BCUT2D eigenvalue weighted by Crippen LogP contribution is 2.23. The van der Waals surface area contributed by atoms with Crippen molar-refractivity contribution in [2.75, 3.05) is 27.3 Å². The first-order valence-corrected chi connectivity index (χ1v) is 11.3. The molecular weight excluding hydrogens is 410 g/mol. The Balaban J connectivity index is 0.000000428. The fourth-order valence-electron chi connectivity index (χ4n) is 3.12. The van der Waals surface area contributed by atoms with Crippen LogP contribution in [0.15, 0.2) is 24.3 Å². The van der Waals surface area contributed by atoms with Crippen molar-refractivity contribution >= 4 is 18.3 Å². The molecule has 2 aliphatic rings. The molecule has 0 spiro atoms. The number of hydrogen-bond donors (Lipinski definition) is 0. The highest BCUT2D eigenvalue weighted by atomic mass is 16.5. The van der Waals surface area contributed by atoms with Gasteiger partial charge < -0.3 is 19.2 Å². The van der Waals surface area contributed by atoms with E-state index in [2.05, 4.69) is 26.0 Å². The van der Waals surface area contributed by atoms with Crippen molar-refractivity contribution in [3.05, 3.63) is 29.8 Å². The second-order valence-corrected chi connectivity index (χ2v) is 8.05. The first-order chi connectivity index (χ1) is 15.4. The van der Waals surface area contributed by atoms with Gasteiger partial charge in [-0.2, -0.15) is 9.59 Å². The summed E-state index contributed by atoms with van der Waals surface area (Å²) >= 11 is 0. The van der Waals surface area contributed by atoms with Crippen molar-refractivity contribution in [3.8, 4) is 5.75 Å². The normalized spacial score (nSPS) is 18.4. The van der Waals surface area contributed by atoms with Gasteiger partial charge in [0.15, 0.2) is 0 Å². The molecule has 0 aromatic heterocycles. The Kier molecular flexibility index (Phi) is 16.7. The molecule has 0 bridgehead atoms. The van der Waals surface area contributed by atoms with Gasteiger partial charge in [0.25, 0.3) is 0 Å². The summed E-state index contributed by atoms with van der Waals surface area (Å²) in [6.07, 6.45) is 7.60. The lowest BCUT2D eigenvalue weighted by atomic mass is 9.88. The van der Waals surface area contributed by atoms with E-state index in [0.717, 1.165) is 63.7 Å². The van der Waals surface area contributed by atoms with Gasteiger partial charge in [0, 0.05) is 32.5 Å². The van der Waals surface area contributed by atoms with E-state index in [1.54, 1.807) is 14.2 Å². The SMILES string of the molecule is CCCC(=O)N1CC1.COC1CCC(C=O)CC1.COc1ccc(C(C)C)cc1.O=C=O. The van der Waals surface area contributed by atoms with Crippen LogP contribution < -0.4 is 4.74 Å². The van der Waals surface area contributed by atoms with Crippen LogP contribution in [-0.2, 0) is 23.9 Å². The summed E-state index contributed by atoms with van der Waals surface area (Å²) in [6.45, 7) is 8.39. The predicted molar refractivity (Wildman–Crippen MR) is 122 cm³/mol. The zero-order chi connectivity index (χ0) is 24.4. The zero-order valence-corrected chi connectivity index (χ0v) is 20.2. The number of nitrogens with zero attached hydrogens (tertiary/aromatic N) is 1. The lowest BCUT2D eigenvalue weighted by Crippen LogP contribution is -2.20. The molecule has 180 valence electrons. The Labute approximate surface area is 192 Å². The number of ether oxygens (including phenoxy) is 2. The summed E-state index contributed by atoms with van der Waals surface area (Å²) in [7, 11) is 3.43. The van der Waals surface area contributed by atoms with Gasteiger partial charge in [-0.3, -0.25) is 4.79 Å². The second kappa shape index (κ2) is 18.1. The summed E-state index contributed by atoms with van der Waals surface area (Å²) in [5.41, 5.74) is 1.35. The molecule has 0 atom stereocenters. The highest BCUT2D eigenvalue weighted by molar-refractivity contribution is 5.78. The highest BCUT2D eigenvalue weighted by Gasteiger charge is 2.22. The molecule has 1 saturated heterocycles. The summed E-state index contributed by atoms with van der Waals surface area (Å²) in [5.74, 6) is 2.16. The van der Waals surface area contributed by atoms with Crippen LogP contribution in [-0.4, -0.2) is 56.7 Å². The van der Waals surface area contributed by atoms with Gasteiger partial charge >= 0.3 is 6.15 Å². The molecular formula is C25H39NO6. The van der Waals surface area contributed by atoms with Crippen molar-refractivity contribution in [1.29, 1.82) is 0 Å². The summed E-state index contributed by atoms with van der Waals surface area (Å²) in [4.78, 5) is 39.2. The summed E-state index contributed by atoms with van der Waals surface area (Å²) in [5, 5.41) is 0. The number of carbonyl (C=O) groups excluding carboxylic acids is 4. The molecule has 2 fully saturated rings. The fourth-order valence-corrected chi connectivity index (χ4v) is 3.12. The standard InChI is InChI=1S/C10H14O.C8H14O2.C6H11NO.CO2/c1-8(2)9-4-6-10(11-3)7-5-9;1-10-8-4-2-7(6-9)3-5-8;1-2-3-6(8)7-4-5-7;2-1-3/h4-8H,1-3H3;6-8H,2-5H2,1H3;2-5H2,1H3;. The van der Waals surface area contributed by atoms with Crippen LogP contribution >= 0.6 is 0 Å². The van der Waals surface area contributed by atoms with Crippen LogP contribution in [0.3, 0.4) is 0 Å². The minimum Gasteiger partial charge on any atom is -0.497 e. The van der Waals surface area contributed by atoms with E-state index in [9.17, 15) is 9.59 Å². The number of carbonyl (C=O) groups is 2. The summed E-state index contributed by atoms with van der Waals surface area (Å²) in [6, 6.07) is 8.19. The van der Waals surface area contributed by atoms with Crippen LogP contribution in [0.25, 0.3) is 0 Å². The molecule has 1 saturated carbocycles. The zero-order valence-electron chi connectivity index (χ0n) is 20.2. The van der Waals surface area contributed by atoms with Crippen LogP contribution in [0, 0.1) is 5.92 Å². The largest absolute Gasteiger partial charge is 0.497 e. The Bertz CT molecular complexity index is 656. The maximum atomic E-state index is 10.7. The second-order valence-electron chi connectivity index (χ2n) is 8.05. The van der Waals surface area contributed by atoms with E-state index in [4.69, 9.17) is 19.1 Å².